The molecular weight excluding hydrogens is 460 g/mol. The van der Waals surface area contributed by atoms with Gasteiger partial charge in [0.2, 0.25) is 4.73 Å². The monoisotopic (exact) mass is 470 g/mol. The second-order valence-electron chi connectivity index (χ2n) is 4.91. The number of rotatable bonds is 5. The molecule has 1 aromatic heterocycles. The number of amides is 1. The molecule has 0 fully saturated rings. The lowest BCUT2D eigenvalue weighted by Gasteiger charge is -2.11. The standard InChI is InChI=1S/C15H12Br2N4O2S/c16-12-6-5-9(10-3-1-2-4-11(10)12)7-21-14(17)18-19-15(21)24-8-13(22)20-23/h1-6,23H,7-8H2,(H,20,22). The van der Waals surface area contributed by atoms with E-state index in [0.717, 1.165) is 20.8 Å². The number of hydroxylamine groups is 1. The number of aromatic nitrogens is 3. The van der Waals surface area contributed by atoms with Gasteiger partial charge in [0, 0.05) is 4.47 Å². The zero-order valence-electron chi connectivity index (χ0n) is 12.2. The Morgan fingerprint density at radius 2 is 1.92 bits per heavy atom. The molecule has 124 valence electrons. The van der Waals surface area contributed by atoms with Crippen molar-refractivity contribution in [1.82, 2.24) is 20.2 Å². The van der Waals surface area contributed by atoms with Crippen molar-refractivity contribution in [2.24, 2.45) is 0 Å². The summed E-state index contributed by atoms with van der Waals surface area (Å²) < 4.78 is 3.51. The maximum atomic E-state index is 11.2. The number of thioether (sulfide) groups is 1. The second-order valence-corrected chi connectivity index (χ2v) is 7.42. The van der Waals surface area contributed by atoms with Crippen molar-refractivity contribution < 1.29 is 10.0 Å². The largest absolute Gasteiger partial charge is 0.292 e. The van der Waals surface area contributed by atoms with E-state index in [-0.39, 0.29) is 5.75 Å². The molecule has 2 N–H and O–H groups in total. The van der Waals surface area contributed by atoms with E-state index in [1.807, 2.05) is 28.8 Å². The molecule has 3 rings (SSSR count). The van der Waals surface area contributed by atoms with Gasteiger partial charge < -0.3 is 0 Å². The minimum absolute atomic E-state index is 0.0583. The highest BCUT2D eigenvalue weighted by atomic mass is 79.9. The Labute approximate surface area is 158 Å². The summed E-state index contributed by atoms with van der Waals surface area (Å²) in [5, 5.41) is 19.6. The van der Waals surface area contributed by atoms with Crippen LogP contribution in [0, 0.1) is 0 Å². The van der Waals surface area contributed by atoms with Gasteiger partial charge in [-0.15, -0.1) is 10.2 Å². The molecule has 3 aromatic rings. The van der Waals surface area contributed by atoms with E-state index >= 15 is 0 Å². The van der Waals surface area contributed by atoms with Crippen LogP contribution in [-0.4, -0.2) is 31.6 Å². The van der Waals surface area contributed by atoms with Crippen molar-refractivity contribution in [3.63, 3.8) is 0 Å². The number of hydrogen-bond acceptors (Lipinski definition) is 5. The number of nitrogens with one attached hydrogen (secondary N) is 1. The molecule has 0 aliphatic rings. The van der Waals surface area contributed by atoms with Gasteiger partial charge in [0.15, 0.2) is 5.16 Å². The van der Waals surface area contributed by atoms with Gasteiger partial charge in [0.25, 0.3) is 5.91 Å². The van der Waals surface area contributed by atoms with Gasteiger partial charge in [-0.1, -0.05) is 58.0 Å². The number of fused-ring (bicyclic) bond motifs is 1. The van der Waals surface area contributed by atoms with E-state index in [4.69, 9.17) is 5.21 Å². The summed E-state index contributed by atoms with van der Waals surface area (Å²) in [5.41, 5.74) is 2.72. The highest BCUT2D eigenvalue weighted by Crippen LogP contribution is 2.29. The molecule has 0 spiro atoms. The van der Waals surface area contributed by atoms with Gasteiger partial charge in [-0.25, -0.2) is 5.48 Å². The van der Waals surface area contributed by atoms with E-state index < -0.39 is 5.91 Å². The van der Waals surface area contributed by atoms with Crippen LogP contribution in [0.1, 0.15) is 5.56 Å². The minimum atomic E-state index is -0.486. The highest BCUT2D eigenvalue weighted by Gasteiger charge is 2.14. The predicted octanol–water partition coefficient (Wildman–Crippen LogP) is 3.60. The first-order valence-corrected chi connectivity index (χ1v) is 9.48. The van der Waals surface area contributed by atoms with Crippen molar-refractivity contribution in [1.29, 1.82) is 0 Å². The third-order valence-corrected chi connectivity index (χ3v) is 5.66. The van der Waals surface area contributed by atoms with Gasteiger partial charge in [-0.3, -0.25) is 14.6 Å². The van der Waals surface area contributed by atoms with Crippen molar-refractivity contribution in [3.8, 4) is 0 Å². The quantitative estimate of drug-likeness (QED) is 0.337. The summed E-state index contributed by atoms with van der Waals surface area (Å²) in [7, 11) is 0. The highest BCUT2D eigenvalue weighted by molar-refractivity contribution is 9.10. The molecule has 0 unspecified atom stereocenters. The molecule has 0 aliphatic heterocycles. The first kappa shape index (κ1) is 17.4. The zero-order chi connectivity index (χ0) is 17.1. The first-order valence-electron chi connectivity index (χ1n) is 6.90. The molecule has 0 bridgehead atoms. The zero-order valence-corrected chi connectivity index (χ0v) is 16.2. The lowest BCUT2D eigenvalue weighted by atomic mass is 10.0. The van der Waals surface area contributed by atoms with Crippen LogP contribution in [0.4, 0.5) is 0 Å². The van der Waals surface area contributed by atoms with E-state index in [2.05, 4.69) is 54.2 Å². The SMILES string of the molecule is O=C(CSc1nnc(Br)n1Cc1ccc(Br)c2ccccc12)NO. The Bertz CT molecular complexity index is 900. The van der Waals surface area contributed by atoms with Gasteiger partial charge in [0.05, 0.1) is 12.3 Å². The molecule has 6 nitrogen and oxygen atoms in total. The third-order valence-electron chi connectivity index (χ3n) is 3.42. The van der Waals surface area contributed by atoms with Crippen molar-refractivity contribution >= 4 is 60.3 Å². The molecule has 0 atom stereocenters. The van der Waals surface area contributed by atoms with Crippen molar-refractivity contribution in [2.45, 2.75) is 11.7 Å². The number of halogens is 2. The van der Waals surface area contributed by atoms with Crippen LogP contribution in [0.25, 0.3) is 10.8 Å². The normalized spacial score (nSPS) is 11.0. The van der Waals surface area contributed by atoms with Gasteiger partial charge in [-0.05, 0) is 38.3 Å². The molecular formula is C15H12Br2N4O2S. The summed E-state index contributed by atoms with van der Waals surface area (Å²) in [6.07, 6.45) is 0. The molecule has 0 aliphatic carbocycles. The van der Waals surface area contributed by atoms with Gasteiger partial charge in [0.1, 0.15) is 0 Å². The van der Waals surface area contributed by atoms with Gasteiger partial charge in [-0.2, -0.15) is 0 Å². The van der Waals surface area contributed by atoms with Crippen LogP contribution >= 0.6 is 43.6 Å². The van der Waals surface area contributed by atoms with Crippen LogP contribution in [0.3, 0.4) is 0 Å². The number of carbonyl (C=O) groups excluding carboxylic acids is 1. The smallest absolute Gasteiger partial charge is 0.253 e. The topological polar surface area (TPSA) is 80.0 Å². The summed E-state index contributed by atoms with van der Waals surface area (Å²) in [6.45, 7) is 0.560. The second kappa shape index (κ2) is 7.64. The third kappa shape index (κ3) is 3.64. The molecule has 9 heteroatoms. The summed E-state index contributed by atoms with van der Waals surface area (Å²) in [6, 6.07) is 12.2. The maximum Gasteiger partial charge on any atom is 0.253 e. The molecule has 1 amide bonds. The summed E-state index contributed by atoms with van der Waals surface area (Å²) in [5.74, 6) is -0.428. The van der Waals surface area contributed by atoms with Gasteiger partial charge >= 0.3 is 0 Å². The Balaban J connectivity index is 1.93. The van der Waals surface area contributed by atoms with Crippen LogP contribution in [0.15, 0.2) is 50.8 Å². The lowest BCUT2D eigenvalue weighted by molar-refractivity contribution is -0.126. The molecule has 1 heterocycles. The molecule has 0 saturated heterocycles. The Morgan fingerprint density at radius 1 is 1.17 bits per heavy atom. The fraction of sp³-hybridized carbons (Fsp3) is 0.133. The molecule has 0 saturated carbocycles. The van der Waals surface area contributed by atoms with E-state index in [9.17, 15) is 4.79 Å². The fourth-order valence-corrected chi connectivity index (χ4v) is 4.00. The van der Waals surface area contributed by atoms with E-state index in [1.165, 1.54) is 11.8 Å². The molecule has 24 heavy (non-hydrogen) atoms. The average molecular weight is 472 g/mol. The first-order chi connectivity index (χ1) is 11.6. The van der Waals surface area contributed by atoms with E-state index in [0.29, 0.717) is 16.4 Å². The van der Waals surface area contributed by atoms with Crippen LogP contribution < -0.4 is 5.48 Å². The average Bonchev–Trinajstić information content (AvgIpc) is 2.95. The van der Waals surface area contributed by atoms with E-state index in [1.54, 1.807) is 5.48 Å². The number of carbonyl (C=O) groups is 1. The van der Waals surface area contributed by atoms with Crippen molar-refractivity contribution in [3.05, 3.63) is 51.2 Å². The number of hydrogen-bond donors (Lipinski definition) is 2. The van der Waals surface area contributed by atoms with Crippen LogP contribution in [0.5, 0.6) is 0 Å². The van der Waals surface area contributed by atoms with Crippen LogP contribution in [0.2, 0.25) is 0 Å². The minimum Gasteiger partial charge on any atom is -0.292 e. The lowest BCUT2D eigenvalue weighted by Crippen LogP contribution is -2.20. The Morgan fingerprint density at radius 3 is 2.67 bits per heavy atom. The fourth-order valence-electron chi connectivity index (χ4n) is 2.31. The number of benzene rings is 2. The maximum absolute atomic E-state index is 11.2. The van der Waals surface area contributed by atoms with Crippen LogP contribution in [-0.2, 0) is 11.3 Å². The number of nitrogens with zero attached hydrogens (tertiary/aromatic N) is 3. The molecule has 2 aromatic carbocycles. The van der Waals surface area contributed by atoms with Crippen molar-refractivity contribution in [2.75, 3.05) is 5.75 Å². The Kier molecular flexibility index (Phi) is 5.54. The predicted molar refractivity (Wildman–Crippen MR) is 99.1 cm³/mol. The summed E-state index contributed by atoms with van der Waals surface area (Å²) in [4.78, 5) is 11.2. The Hall–Kier alpha value is -1.42. The summed E-state index contributed by atoms with van der Waals surface area (Å²) >= 11 is 8.17. The molecule has 0 radical (unpaired) electrons.